The van der Waals surface area contributed by atoms with Crippen LogP contribution in [0.15, 0.2) is 42.5 Å². The quantitative estimate of drug-likeness (QED) is 0.700. The van der Waals surface area contributed by atoms with E-state index in [-0.39, 0.29) is 11.6 Å². The fourth-order valence-electron chi connectivity index (χ4n) is 3.13. The topological polar surface area (TPSA) is 90.7 Å². The van der Waals surface area contributed by atoms with Crippen LogP contribution in [0.25, 0.3) is 0 Å². The van der Waals surface area contributed by atoms with Gasteiger partial charge in [-0.1, -0.05) is 29.8 Å². The van der Waals surface area contributed by atoms with Gasteiger partial charge >= 0.3 is 0 Å². The zero-order valence-electron chi connectivity index (χ0n) is 16.3. The van der Waals surface area contributed by atoms with Crippen molar-refractivity contribution in [3.05, 3.63) is 76.2 Å². The first-order chi connectivity index (χ1) is 13.4. The van der Waals surface area contributed by atoms with Gasteiger partial charge in [0.15, 0.2) is 0 Å². The first kappa shape index (κ1) is 19.1. The lowest BCUT2D eigenvalue weighted by atomic mass is 10.0. The predicted octanol–water partition coefficient (Wildman–Crippen LogP) is 4.58. The lowest BCUT2D eigenvalue weighted by Gasteiger charge is -2.13. The molecule has 0 aliphatic rings. The number of para-hydroxylation sites is 1. The van der Waals surface area contributed by atoms with E-state index < -0.39 is 0 Å². The van der Waals surface area contributed by atoms with Crippen LogP contribution in [0.3, 0.4) is 0 Å². The maximum absolute atomic E-state index is 12.8. The molecule has 6 heteroatoms. The van der Waals surface area contributed by atoms with Crippen molar-refractivity contribution >= 4 is 23.1 Å². The van der Waals surface area contributed by atoms with Crippen LogP contribution < -0.4 is 10.6 Å². The smallest absolute Gasteiger partial charge is 0.274 e. The highest BCUT2D eigenvalue weighted by Crippen LogP contribution is 2.23. The SMILES string of the molecule is Cc1cc(C)c(NC(=O)c2cc(Nc3ccccc3C#N)nc(C)n2)c(C)c1. The Morgan fingerprint density at radius 3 is 2.36 bits per heavy atom. The first-order valence-corrected chi connectivity index (χ1v) is 8.88. The Kier molecular flexibility index (Phi) is 5.37. The molecule has 1 heterocycles. The number of carbonyl (C=O) groups is 1. The van der Waals surface area contributed by atoms with Crippen molar-refractivity contribution in [2.75, 3.05) is 10.6 Å². The van der Waals surface area contributed by atoms with Crippen molar-refractivity contribution in [1.29, 1.82) is 5.26 Å². The molecule has 0 saturated carbocycles. The fraction of sp³-hybridized carbons (Fsp3) is 0.182. The zero-order chi connectivity index (χ0) is 20.3. The van der Waals surface area contributed by atoms with Gasteiger partial charge in [0, 0.05) is 11.8 Å². The third-order valence-electron chi connectivity index (χ3n) is 4.30. The Bertz CT molecular complexity index is 1080. The molecule has 0 spiro atoms. The van der Waals surface area contributed by atoms with Crippen molar-refractivity contribution < 1.29 is 4.79 Å². The number of rotatable bonds is 4. The van der Waals surface area contributed by atoms with Gasteiger partial charge < -0.3 is 10.6 Å². The minimum absolute atomic E-state index is 0.254. The molecule has 6 nitrogen and oxygen atoms in total. The van der Waals surface area contributed by atoms with E-state index in [0.29, 0.717) is 22.9 Å². The predicted molar refractivity (Wildman–Crippen MR) is 110 cm³/mol. The number of amides is 1. The lowest BCUT2D eigenvalue weighted by molar-refractivity contribution is 0.102. The summed E-state index contributed by atoms with van der Waals surface area (Å²) in [7, 11) is 0. The van der Waals surface area contributed by atoms with Gasteiger partial charge in [0.05, 0.1) is 11.3 Å². The summed E-state index contributed by atoms with van der Waals surface area (Å²) >= 11 is 0. The standard InChI is InChI=1S/C22H21N5O/c1-13-9-14(2)21(15(3)10-13)27-22(28)19-11-20(25-16(4)24-19)26-18-8-6-5-7-17(18)12-23/h5-11H,1-4H3,(H,27,28)(H,24,25,26). The van der Waals surface area contributed by atoms with E-state index in [1.807, 2.05) is 39.0 Å². The molecule has 1 amide bonds. The average molecular weight is 371 g/mol. The maximum Gasteiger partial charge on any atom is 0.274 e. The molecule has 2 aromatic carbocycles. The van der Waals surface area contributed by atoms with E-state index in [0.717, 1.165) is 22.4 Å². The summed E-state index contributed by atoms with van der Waals surface area (Å²) in [6.45, 7) is 7.68. The minimum atomic E-state index is -0.308. The molecule has 1 aromatic heterocycles. The summed E-state index contributed by atoms with van der Waals surface area (Å²) < 4.78 is 0. The second-order valence-corrected chi connectivity index (χ2v) is 6.70. The molecule has 0 radical (unpaired) electrons. The Labute approximate surface area is 164 Å². The number of aromatic nitrogens is 2. The Morgan fingerprint density at radius 2 is 1.68 bits per heavy atom. The Balaban J connectivity index is 1.89. The van der Waals surface area contributed by atoms with E-state index in [1.165, 1.54) is 0 Å². The van der Waals surface area contributed by atoms with Gasteiger partial charge in [0.25, 0.3) is 5.91 Å². The molecule has 0 aliphatic heterocycles. The van der Waals surface area contributed by atoms with Crippen LogP contribution in [0.2, 0.25) is 0 Å². The second kappa shape index (κ2) is 7.89. The third kappa shape index (κ3) is 4.15. The molecule has 3 aromatic rings. The zero-order valence-corrected chi connectivity index (χ0v) is 16.3. The molecule has 0 bridgehead atoms. The van der Waals surface area contributed by atoms with Gasteiger partial charge in [0.2, 0.25) is 0 Å². The van der Waals surface area contributed by atoms with Crippen molar-refractivity contribution in [2.45, 2.75) is 27.7 Å². The molecule has 28 heavy (non-hydrogen) atoms. The first-order valence-electron chi connectivity index (χ1n) is 8.88. The van der Waals surface area contributed by atoms with Crippen molar-refractivity contribution in [2.24, 2.45) is 0 Å². The molecule has 0 saturated heterocycles. The summed E-state index contributed by atoms with van der Waals surface area (Å²) in [5.74, 6) is 0.608. The molecule has 140 valence electrons. The van der Waals surface area contributed by atoms with Crippen molar-refractivity contribution in [1.82, 2.24) is 9.97 Å². The Hall–Kier alpha value is -3.72. The van der Waals surface area contributed by atoms with Gasteiger partial charge in [-0.3, -0.25) is 4.79 Å². The van der Waals surface area contributed by atoms with Crippen LogP contribution in [0.4, 0.5) is 17.2 Å². The van der Waals surface area contributed by atoms with E-state index in [4.69, 9.17) is 0 Å². The molecule has 0 unspecified atom stereocenters. The van der Waals surface area contributed by atoms with E-state index in [9.17, 15) is 10.1 Å². The van der Waals surface area contributed by atoms with E-state index in [2.05, 4.69) is 26.7 Å². The van der Waals surface area contributed by atoms with Crippen LogP contribution in [0.5, 0.6) is 0 Å². The van der Waals surface area contributed by atoms with Crippen LogP contribution in [0, 0.1) is 39.0 Å². The third-order valence-corrected chi connectivity index (χ3v) is 4.30. The summed E-state index contributed by atoms with van der Waals surface area (Å²) in [4.78, 5) is 21.4. The maximum atomic E-state index is 12.8. The normalized spacial score (nSPS) is 10.2. The van der Waals surface area contributed by atoms with Crippen molar-refractivity contribution in [3.8, 4) is 6.07 Å². The monoisotopic (exact) mass is 371 g/mol. The molecular formula is C22H21N5O. The average Bonchev–Trinajstić information content (AvgIpc) is 2.64. The van der Waals surface area contributed by atoms with Crippen LogP contribution in [0.1, 0.15) is 38.6 Å². The second-order valence-electron chi connectivity index (χ2n) is 6.70. The van der Waals surface area contributed by atoms with Gasteiger partial charge in [-0.15, -0.1) is 0 Å². The van der Waals surface area contributed by atoms with Gasteiger partial charge in [-0.25, -0.2) is 9.97 Å². The number of nitrogens with one attached hydrogen (secondary N) is 2. The highest BCUT2D eigenvalue weighted by atomic mass is 16.1. The van der Waals surface area contributed by atoms with E-state index in [1.54, 1.807) is 31.2 Å². The number of carbonyl (C=O) groups excluding carboxylic acids is 1. The van der Waals surface area contributed by atoms with Gasteiger partial charge in [-0.2, -0.15) is 5.26 Å². The number of nitriles is 1. The molecule has 0 fully saturated rings. The van der Waals surface area contributed by atoms with Crippen LogP contribution in [-0.4, -0.2) is 15.9 Å². The summed E-state index contributed by atoms with van der Waals surface area (Å²) in [6.07, 6.45) is 0. The molecule has 3 rings (SSSR count). The summed E-state index contributed by atoms with van der Waals surface area (Å²) in [5, 5.41) is 15.3. The fourth-order valence-corrected chi connectivity index (χ4v) is 3.13. The van der Waals surface area contributed by atoms with E-state index >= 15 is 0 Å². The van der Waals surface area contributed by atoms with Crippen LogP contribution >= 0.6 is 0 Å². The number of hydrogen-bond donors (Lipinski definition) is 2. The van der Waals surface area contributed by atoms with Crippen LogP contribution in [-0.2, 0) is 0 Å². The highest BCUT2D eigenvalue weighted by molar-refractivity contribution is 6.04. The largest absolute Gasteiger partial charge is 0.339 e. The molecule has 2 N–H and O–H groups in total. The lowest BCUT2D eigenvalue weighted by Crippen LogP contribution is -2.17. The number of nitrogens with zero attached hydrogens (tertiary/aromatic N) is 3. The highest BCUT2D eigenvalue weighted by Gasteiger charge is 2.14. The summed E-state index contributed by atoms with van der Waals surface area (Å²) in [6, 6.07) is 14.9. The molecule has 0 atom stereocenters. The number of benzene rings is 2. The Morgan fingerprint density at radius 1 is 1.00 bits per heavy atom. The number of aryl methyl sites for hydroxylation is 4. The number of anilines is 3. The van der Waals surface area contributed by atoms with Crippen molar-refractivity contribution in [3.63, 3.8) is 0 Å². The molecule has 0 aliphatic carbocycles. The minimum Gasteiger partial charge on any atom is -0.339 e. The summed E-state index contributed by atoms with van der Waals surface area (Å²) in [5.41, 5.74) is 5.31. The van der Waals surface area contributed by atoms with Gasteiger partial charge in [-0.05, 0) is 51.0 Å². The van der Waals surface area contributed by atoms with Gasteiger partial charge in [0.1, 0.15) is 23.4 Å². The molecular weight excluding hydrogens is 350 g/mol. The number of hydrogen-bond acceptors (Lipinski definition) is 5.